The van der Waals surface area contributed by atoms with Gasteiger partial charge in [-0.15, -0.1) is 11.3 Å². The highest BCUT2D eigenvalue weighted by atomic mass is 35.5. The molecule has 0 fully saturated rings. The molecule has 0 spiro atoms. The van der Waals surface area contributed by atoms with Crippen molar-refractivity contribution in [3.8, 4) is 5.75 Å². The Hall–Kier alpha value is -1.15. The summed E-state index contributed by atoms with van der Waals surface area (Å²) < 4.78 is 31.5. The van der Waals surface area contributed by atoms with Crippen molar-refractivity contribution >= 4 is 33.0 Å². The number of nitrogens with zero attached hydrogens (tertiary/aromatic N) is 1. The van der Waals surface area contributed by atoms with Crippen LogP contribution in [0.4, 0.5) is 0 Å². The predicted molar refractivity (Wildman–Crippen MR) is 74.1 cm³/mol. The fourth-order valence-electron chi connectivity index (χ4n) is 1.39. The molecule has 0 unspecified atom stereocenters. The van der Waals surface area contributed by atoms with E-state index < -0.39 is 10.0 Å². The van der Waals surface area contributed by atoms with Crippen LogP contribution in [-0.2, 0) is 16.6 Å². The van der Waals surface area contributed by atoms with Gasteiger partial charge >= 0.3 is 0 Å². The van der Waals surface area contributed by atoms with Crippen LogP contribution in [0.25, 0.3) is 0 Å². The normalized spacial score (nSPS) is 11.5. The molecule has 0 bridgehead atoms. The van der Waals surface area contributed by atoms with E-state index in [1.54, 1.807) is 10.9 Å². The van der Waals surface area contributed by atoms with E-state index in [1.165, 1.54) is 36.6 Å². The Morgan fingerprint density at radius 1 is 1.47 bits per heavy atom. The van der Waals surface area contributed by atoms with E-state index in [4.69, 9.17) is 16.3 Å². The van der Waals surface area contributed by atoms with Gasteiger partial charge in [-0.05, 0) is 18.2 Å². The number of benzene rings is 1. The Morgan fingerprint density at radius 3 is 2.84 bits per heavy atom. The van der Waals surface area contributed by atoms with Gasteiger partial charge in [0.25, 0.3) is 0 Å². The molecule has 1 N–H and O–H groups in total. The molecule has 5 nitrogen and oxygen atoms in total. The van der Waals surface area contributed by atoms with Crippen molar-refractivity contribution in [1.29, 1.82) is 0 Å². The van der Waals surface area contributed by atoms with Gasteiger partial charge in [-0.3, -0.25) is 0 Å². The van der Waals surface area contributed by atoms with E-state index in [0.717, 1.165) is 0 Å². The number of methoxy groups -OCH3 is 1. The standard InChI is InChI=1S/C11H11ClN2O3S2/c1-17-11-3-2-9(4-10(11)12)19(15,16)14-5-8-6-18-7-13-8/h2-4,6-7,14H,5H2,1H3. The maximum Gasteiger partial charge on any atom is 0.240 e. The summed E-state index contributed by atoms with van der Waals surface area (Å²) in [6.07, 6.45) is 0. The molecule has 0 aliphatic carbocycles. The van der Waals surface area contributed by atoms with Crippen LogP contribution in [0, 0.1) is 0 Å². The third-order valence-electron chi connectivity index (χ3n) is 2.36. The number of rotatable bonds is 5. The van der Waals surface area contributed by atoms with Crippen LogP contribution < -0.4 is 9.46 Å². The van der Waals surface area contributed by atoms with Gasteiger partial charge < -0.3 is 4.74 Å². The summed E-state index contributed by atoms with van der Waals surface area (Å²) in [6, 6.07) is 4.30. The first-order valence-corrected chi connectivity index (χ1v) is 8.03. The fraction of sp³-hybridized carbons (Fsp3) is 0.182. The summed E-state index contributed by atoms with van der Waals surface area (Å²) in [7, 11) is -2.14. The average molecular weight is 319 g/mol. The van der Waals surface area contributed by atoms with Crippen molar-refractivity contribution in [1.82, 2.24) is 9.71 Å². The first kappa shape index (κ1) is 14.3. The third-order valence-corrected chi connectivity index (χ3v) is 4.69. The van der Waals surface area contributed by atoms with Gasteiger partial charge in [-0.25, -0.2) is 18.1 Å². The minimum Gasteiger partial charge on any atom is -0.495 e. The molecule has 2 aromatic rings. The second kappa shape index (κ2) is 5.87. The number of hydrogen-bond acceptors (Lipinski definition) is 5. The lowest BCUT2D eigenvalue weighted by Gasteiger charge is -2.08. The Kier molecular flexibility index (Phi) is 4.41. The number of nitrogens with one attached hydrogen (secondary N) is 1. The second-order valence-electron chi connectivity index (χ2n) is 3.60. The molecular formula is C11H11ClN2O3S2. The first-order valence-electron chi connectivity index (χ1n) is 5.23. The maximum atomic E-state index is 12.0. The first-order chi connectivity index (χ1) is 9.03. The van der Waals surface area contributed by atoms with Gasteiger partial charge in [-0.2, -0.15) is 0 Å². The van der Waals surface area contributed by atoms with Crippen molar-refractivity contribution < 1.29 is 13.2 Å². The van der Waals surface area contributed by atoms with Gasteiger partial charge in [0.2, 0.25) is 10.0 Å². The van der Waals surface area contributed by atoms with Gasteiger partial charge in [0.15, 0.2) is 0 Å². The van der Waals surface area contributed by atoms with Crippen molar-refractivity contribution in [2.75, 3.05) is 7.11 Å². The van der Waals surface area contributed by atoms with Crippen molar-refractivity contribution in [3.63, 3.8) is 0 Å². The van der Waals surface area contributed by atoms with Crippen LogP contribution in [0.2, 0.25) is 5.02 Å². The topological polar surface area (TPSA) is 68.3 Å². The number of aromatic nitrogens is 1. The highest BCUT2D eigenvalue weighted by Crippen LogP contribution is 2.26. The molecule has 0 aliphatic rings. The zero-order valence-corrected chi connectivity index (χ0v) is 12.3. The largest absolute Gasteiger partial charge is 0.495 e. The maximum absolute atomic E-state index is 12.0. The summed E-state index contributed by atoms with van der Waals surface area (Å²) in [5.74, 6) is 0.431. The third kappa shape index (κ3) is 3.44. The number of hydrogen-bond donors (Lipinski definition) is 1. The minimum absolute atomic E-state index is 0.0912. The summed E-state index contributed by atoms with van der Waals surface area (Å²) >= 11 is 7.32. The molecule has 0 aliphatic heterocycles. The molecule has 0 amide bonds. The Bertz CT molecular complexity index is 657. The van der Waals surface area contributed by atoms with Crippen LogP contribution in [0.3, 0.4) is 0 Å². The molecule has 19 heavy (non-hydrogen) atoms. The van der Waals surface area contributed by atoms with E-state index in [-0.39, 0.29) is 16.5 Å². The Labute approximate surface area is 120 Å². The quantitative estimate of drug-likeness (QED) is 0.918. The van der Waals surface area contributed by atoms with E-state index >= 15 is 0 Å². The second-order valence-corrected chi connectivity index (χ2v) is 6.49. The molecule has 0 saturated heterocycles. The van der Waals surface area contributed by atoms with E-state index in [1.807, 2.05) is 0 Å². The van der Waals surface area contributed by atoms with Gasteiger partial charge in [-0.1, -0.05) is 11.6 Å². The molecule has 1 aromatic carbocycles. The van der Waals surface area contributed by atoms with Crippen molar-refractivity contribution in [2.24, 2.45) is 0 Å². The highest BCUT2D eigenvalue weighted by Gasteiger charge is 2.16. The molecule has 1 heterocycles. The number of thiazole rings is 1. The summed E-state index contributed by atoms with van der Waals surface area (Å²) in [5.41, 5.74) is 2.32. The lowest BCUT2D eigenvalue weighted by molar-refractivity contribution is 0.414. The molecule has 102 valence electrons. The smallest absolute Gasteiger partial charge is 0.240 e. The average Bonchev–Trinajstić information content (AvgIpc) is 2.89. The number of sulfonamides is 1. The molecule has 0 saturated carbocycles. The number of ether oxygens (including phenoxy) is 1. The summed E-state index contributed by atoms with van der Waals surface area (Å²) in [4.78, 5) is 4.09. The molecule has 0 atom stereocenters. The summed E-state index contributed by atoms with van der Waals surface area (Å²) in [5, 5.41) is 2.03. The SMILES string of the molecule is COc1ccc(S(=O)(=O)NCc2cscn2)cc1Cl. The van der Waals surface area contributed by atoms with Gasteiger partial charge in [0.05, 0.1) is 34.8 Å². The Balaban J connectivity index is 2.17. The molecule has 1 aromatic heterocycles. The van der Waals surface area contributed by atoms with Gasteiger partial charge in [0, 0.05) is 5.38 Å². The van der Waals surface area contributed by atoms with E-state index in [2.05, 4.69) is 9.71 Å². The van der Waals surface area contributed by atoms with Crippen LogP contribution in [0.5, 0.6) is 5.75 Å². The van der Waals surface area contributed by atoms with Gasteiger partial charge in [0.1, 0.15) is 5.75 Å². The van der Waals surface area contributed by atoms with Crippen LogP contribution in [0.1, 0.15) is 5.69 Å². The lowest BCUT2D eigenvalue weighted by Crippen LogP contribution is -2.23. The number of halogens is 1. The Morgan fingerprint density at radius 2 is 2.26 bits per heavy atom. The highest BCUT2D eigenvalue weighted by molar-refractivity contribution is 7.89. The van der Waals surface area contributed by atoms with E-state index in [9.17, 15) is 8.42 Å². The van der Waals surface area contributed by atoms with Crippen molar-refractivity contribution in [3.05, 3.63) is 39.8 Å². The zero-order valence-electron chi connectivity index (χ0n) is 9.96. The lowest BCUT2D eigenvalue weighted by atomic mass is 10.3. The van der Waals surface area contributed by atoms with Crippen LogP contribution in [-0.4, -0.2) is 20.5 Å². The fourth-order valence-corrected chi connectivity index (χ4v) is 3.30. The van der Waals surface area contributed by atoms with Crippen molar-refractivity contribution in [2.45, 2.75) is 11.4 Å². The monoisotopic (exact) mass is 318 g/mol. The minimum atomic E-state index is -3.61. The van der Waals surface area contributed by atoms with Crippen LogP contribution in [0.15, 0.2) is 34.0 Å². The van der Waals surface area contributed by atoms with Crippen LogP contribution >= 0.6 is 22.9 Å². The zero-order chi connectivity index (χ0) is 13.9. The molecule has 2 rings (SSSR count). The molecular weight excluding hydrogens is 308 g/mol. The predicted octanol–water partition coefficient (Wildman–Crippen LogP) is 2.28. The molecule has 0 radical (unpaired) electrons. The molecule has 8 heteroatoms. The van der Waals surface area contributed by atoms with E-state index in [0.29, 0.717) is 11.4 Å². The summed E-state index contributed by atoms with van der Waals surface area (Å²) in [6.45, 7) is 0.148.